The van der Waals surface area contributed by atoms with Crippen LogP contribution in [0, 0.1) is 17.8 Å². The second kappa shape index (κ2) is 6.22. The van der Waals surface area contributed by atoms with Crippen LogP contribution in [0.4, 0.5) is 0 Å². The molecule has 0 N–H and O–H groups in total. The Morgan fingerprint density at radius 1 is 1.08 bits per heavy atom. The van der Waals surface area contributed by atoms with Crippen LogP contribution in [0.3, 0.4) is 0 Å². The van der Waals surface area contributed by atoms with Gasteiger partial charge in [0.25, 0.3) is 0 Å². The first-order chi connectivity index (χ1) is 12.3. The highest BCUT2D eigenvalue weighted by atomic mass is 16.6. The molecule has 4 unspecified atom stereocenters. The summed E-state index contributed by atoms with van der Waals surface area (Å²) >= 11 is 0. The van der Waals surface area contributed by atoms with E-state index in [1.54, 1.807) is 0 Å². The summed E-state index contributed by atoms with van der Waals surface area (Å²) in [4.78, 5) is 15.2. The van der Waals surface area contributed by atoms with E-state index in [9.17, 15) is 4.79 Å². The number of benzene rings is 1. The summed E-state index contributed by atoms with van der Waals surface area (Å²) in [6.45, 7) is 2.12. The maximum Gasteiger partial charge on any atom is 0.223 e. The fraction of sp³-hybridized carbons (Fsp3) is 0.667. The van der Waals surface area contributed by atoms with E-state index in [0.717, 1.165) is 49.1 Å². The van der Waals surface area contributed by atoms with Gasteiger partial charge in [0.2, 0.25) is 5.91 Å². The Bertz CT molecular complexity index is 673. The quantitative estimate of drug-likeness (QED) is 0.836. The summed E-state index contributed by atoms with van der Waals surface area (Å²) in [7, 11) is 0. The fourth-order valence-corrected chi connectivity index (χ4v) is 5.65. The third-order valence-corrected chi connectivity index (χ3v) is 6.85. The van der Waals surface area contributed by atoms with E-state index >= 15 is 0 Å². The molecular weight excluding hydrogens is 314 g/mol. The molecule has 0 aromatic heterocycles. The molecule has 2 saturated carbocycles. The van der Waals surface area contributed by atoms with E-state index in [0.29, 0.717) is 25.0 Å². The number of amides is 1. The molecule has 4 nitrogen and oxygen atoms in total. The SMILES string of the molecule is O=C(CC1CC2CCC1C2)N1CCCC1c1ccc2c(c1)OCCO2. The number of hydrogen-bond acceptors (Lipinski definition) is 3. The van der Waals surface area contributed by atoms with Crippen molar-refractivity contribution in [3.8, 4) is 11.5 Å². The first kappa shape index (κ1) is 15.5. The number of hydrogen-bond donors (Lipinski definition) is 0. The minimum atomic E-state index is 0.210. The maximum absolute atomic E-state index is 13.0. The molecule has 4 heteroatoms. The summed E-state index contributed by atoms with van der Waals surface area (Å²) in [5.41, 5.74) is 1.20. The van der Waals surface area contributed by atoms with Crippen LogP contribution in [-0.2, 0) is 4.79 Å². The molecule has 2 aliphatic carbocycles. The third kappa shape index (κ3) is 2.80. The maximum atomic E-state index is 13.0. The summed E-state index contributed by atoms with van der Waals surface area (Å²) < 4.78 is 11.4. The topological polar surface area (TPSA) is 38.8 Å². The van der Waals surface area contributed by atoms with E-state index < -0.39 is 0 Å². The number of nitrogens with zero attached hydrogens (tertiary/aromatic N) is 1. The molecule has 0 spiro atoms. The van der Waals surface area contributed by atoms with Crippen molar-refractivity contribution in [2.75, 3.05) is 19.8 Å². The zero-order valence-corrected chi connectivity index (χ0v) is 14.8. The molecule has 134 valence electrons. The average Bonchev–Trinajstić information content (AvgIpc) is 3.37. The molecule has 2 aliphatic heterocycles. The van der Waals surface area contributed by atoms with Gasteiger partial charge in [0.15, 0.2) is 11.5 Å². The van der Waals surface area contributed by atoms with Crippen molar-refractivity contribution in [1.29, 1.82) is 0 Å². The lowest BCUT2D eigenvalue weighted by Crippen LogP contribution is -2.32. The van der Waals surface area contributed by atoms with E-state index in [2.05, 4.69) is 17.0 Å². The first-order valence-corrected chi connectivity index (χ1v) is 9.97. The molecule has 5 rings (SSSR count). The molecule has 4 aliphatic rings. The molecule has 2 bridgehead atoms. The molecule has 0 radical (unpaired) electrons. The number of carbonyl (C=O) groups is 1. The van der Waals surface area contributed by atoms with E-state index in [-0.39, 0.29) is 6.04 Å². The van der Waals surface area contributed by atoms with Gasteiger partial charge in [0, 0.05) is 13.0 Å². The number of carbonyl (C=O) groups excluding carboxylic acids is 1. The zero-order chi connectivity index (χ0) is 16.8. The zero-order valence-electron chi connectivity index (χ0n) is 14.8. The Balaban J connectivity index is 1.31. The lowest BCUT2D eigenvalue weighted by Gasteiger charge is -2.29. The lowest BCUT2D eigenvalue weighted by molar-refractivity contribution is -0.133. The van der Waals surface area contributed by atoms with E-state index in [1.165, 1.54) is 31.2 Å². The van der Waals surface area contributed by atoms with Gasteiger partial charge in [-0.2, -0.15) is 0 Å². The minimum absolute atomic E-state index is 0.210. The molecule has 1 saturated heterocycles. The highest BCUT2D eigenvalue weighted by Crippen LogP contribution is 2.50. The normalized spacial score (nSPS) is 33.0. The highest BCUT2D eigenvalue weighted by Gasteiger charge is 2.41. The van der Waals surface area contributed by atoms with E-state index in [4.69, 9.17) is 9.47 Å². The summed E-state index contributed by atoms with van der Waals surface area (Å²) in [6.07, 6.45) is 8.35. The molecule has 1 amide bonds. The largest absolute Gasteiger partial charge is 0.486 e. The molecular formula is C21H27NO3. The van der Waals surface area contributed by atoms with Crippen molar-refractivity contribution in [3.05, 3.63) is 23.8 Å². The fourth-order valence-electron chi connectivity index (χ4n) is 5.65. The molecule has 4 atom stereocenters. The van der Waals surface area contributed by atoms with Gasteiger partial charge in [0.05, 0.1) is 6.04 Å². The Morgan fingerprint density at radius 3 is 2.76 bits per heavy atom. The molecule has 3 fully saturated rings. The predicted octanol–water partition coefficient (Wildman–Crippen LogP) is 3.95. The summed E-state index contributed by atoms with van der Waals surface area (Å²) in [6, 6.07) is 6.41. The Morgan fingerprint density at radius 2 is 1.96 bits per heavy atom. The van der Waals surface area contributed by atoms with Crippen LogP contribution in [0.15, 0.2) is 18.2 Å². The summed E-state index contributed by atoms with van der Waals surface area (Å²) in [5, 5.41) is 0. The lowest BCUT2D eigenvalue weighted by atomic mass is 9.86. The first-order valence-electron chi connectivity index (χ1n) is 9.97. The Labute approximate surface area is 149 Å². The second-order valence-electron chi connectivity index (χ2n) is 8.29. The van der Waals surface area contributed by atoms with Crippen LogP contribution in [0.1, 0.15) is 56.6 Å². The van der Waals surface area contributed by atoms with Crippen LogP contribution in [0.25, 0.3) is 0 Å². The molecule has 25 heavy (non-hydrogen) atoms. The van der Waals surface area contributed by atoms with Crippen LogP contribution in [0.2, 0.25) is 0 Å². The van der Waals surface area contributed by atoms with Crippen LogP contribution in [0.5, 0.6) is 11.5 Å². The smallest absolute Gasteiger partial charge is 0.223 e. The second-order valence-corrected chi connectivity index (χ2v) is 8.29. The van der Waals surface area contributed by atoms with Gasteiger partial charge in [0.1, 0.15) is 13.2 Å². The van der Waals surface area contributed by atoms with Gasteiger partial charge in [-0.3, -0.25) is 4.79 Å². The van der Waals surface area contributed by atoms with Crippen molar-refractivity contribution in [3.63, 3.8) is 0 Å². The number of rotatable bonds is 3. The predicted molar refractivity (Wildman–Crippen MR) is 94.7 cm³/mol. The van der Waals surface area contributed by atoms with Crippen molar-refractivity contribution in [2.24, 2.45) is 17.8 Å². The average molecular weight is 341 g/mol. The van der Waals surface area contributed by atoms with Crippen LogP contribution < -0.4 is 9.47 Å². The third-order valence-electron chi connectivity index (χ3n) is 6.85. The van der Waals surface area contributed by atoms with Gasteiger partial charge in [-0.15, -0.1) is 0 Å². The van der Waals surface area contributed by atoms with Crippen molar-refractivity contribution in [1.82, 2.24) is 4.90 Å². The van der Waals surface area contributed by atoms with Gasteiger partial charge >= 0.3 is 0 Å². The molecule has 2 heterocycles. The standard InChI is InChI=1S/C21H27NO3/c23-21(13-17-11-14-3-4-15(17)10-14)22-7-1-2-18(22)16-5-6-19-20(12-16)25-9-8-24-19/h5-6,12,14-15,17-18H,1-4,7-11,13H2. The Kier molecular flexibility index (Phi) is 3.87. The van der Waals surface area contributed by atoms with Gasteiger partial charge in [-0.05, 0) is 67.6 Å². The van der Waals surface area contributed by atoms with Crippen LogP contribution in [-0.4, -0.2) is 30.6 Å². The monoisotopic (exact) mass is 341 g/mol. The van der Waals surface area contributed by atoms with Crippen molar-refractivity contribution >= 4 is 5.91 Å². The van der Waals surface area contributed by atoms with Gasteiger partial charge in [-0.1, -0.05) is 12.5 Å². The highest BCUT2D eigenvalue weighted by molar-refractivity contribution is 5.77. The van der Waals surface area contributed by atoms with Crippen molar-refractivity contribution in [2.45, 2.75) is 51.0 Å². The van der Waals surface area contributed by atoms with Crippen molar-refractivity contribution < 1.29 is 14.3 Å². The molecule has 1 aromatic rings. The Hall–Kier alpha value is -1.71. The molecule has 1 aromatic carbocycles. The minimum Gasteiger partial charge on any atom is -0.486 e. The number of fused-ring (bicyclic) bond motifs is 3. The van der Waals surface area contributed by atoms with E-state index in [1.807, 2.05) is 6.07 Å². The van der Waals surface area contributed by atoms with Gasteiger partial charge in [-0.25, -0.2) is 0 Å². The number of likely N-dealkylation sites (tertiary alicyclic amines) is 1. The van der Waals surface area contributed by atoms with Crippen LogP contribution >= 0.6 is 0 Å². The summed E-state index contributed by atoms with van der Waals surface area (Å²) in [5.74, 6) is 4.41. The number of ether oxygens (including phenoxy) is 2. The van der Waals surface area contributed by atoms with Gasteiger partial charge < -0.3 is 14.4 Å².